The van der Waals surface area contributed by atoms with Gasteiger partial charge in [0.05, 0.1) is 12.1 Å². The van der Waals surface area contributed by atoms with Crippen LogP contribution in [-0.4, -0.2) is 29.5 Å². The largest absolute Gasteiger partial charge is 0.348 e. The molecule has 0 saturated carbocycles. The van der Waals surface area contributed by atoms with Crippen LogP contribution in [0.3, 0.4) is 0 Å². The van der Waals surface area contributed by atoms with Crippen molar-refractivity contribution in [1.29, 1.82) is 0 Å². The highest BCUT2D eigenvalue weighted by Gasteiger charge is 2.33. The van der Waals surface area contributed by atoms with Gasteiger partial charge < -0.3 is 10.6 Å². The van der Waals surface area contributed by atoms with Crippen LogP contribution in [0.15, 0.2) is 104 Å². The standard InChI is InChI=1S/C18H14ClFN4.C17H13Cl2FN4/c1-11-5-7-12(8-6-11)15-9-16(24-18(23-15)21-10-22-24)17-13(19)3-2-4-14(17)20;18-11-6-4-10(5-7-11)14-8-15(24-17(23-14)21-9-22-24)16-12(19)2-1-3-13(16)20/h2-10,16H,1H3,(H,21,22,23);1-7,9,14-15H,8H2,(H,21,22,23). The smallest absolute Gasteiger partial charge is 0.226 e. The molecule has 3 unspecified atom stereocenters. The summed E-state index contributed by atoms with van der Waals surface area (Å²) in [6, 6.07) is 24.2. The highest BCUT2D eigenvalue weighted by Crippen LogP contribution is 2.41. The van der Waals surface area contributed by atoms with E-state index < -0.39 is 6.04 Å². The lowest BCUT2D eigenvalue weighted by Gasteiger charge is -2.32. The predicted molar refractivity (Wildman–Crippen MR) is 184 cm³/mol. The van der Waals surface area contributed by atoms with Gasteiger partial charge in [0.2, 0.25) is 11.9 Å². The van der Waals surface area contributed by atoms with Gasteiger partial charge in [0.1, 0.15) is 30.3 Å². The number of aryl methyl sites for hydroxylation is 1. The quantitative estimate of drug-likeness (QED) is 0.190. The summed E-state index contributed by atoms with van der Waals surface area (Å²) < 4.78 is 32.2. The van der Waals surface area contributed by atoms with Crippen molar-refractivity contribution in [3.05, 3.63) is 158 Å². The van der Waals surface area contributed by atoms with Gasteiger partial charge in [-0.1, -0.05) is 88.9 Å². The van der Waals surface area contributed by atoms with Crippen molar-refractivity contribution >= 4 is 52.4 Å². The fraction of sp³-hybridized carbons (Fsp3) is 0.143. The molecule has 0 radical (unpaired) electrons. The number of hydrogen-bond acceptors (Lipinski definition) is 6. The first-order valence-electron chi connectivity index (χ1n) is 15.0. The third-order valence-electron chi connectivity index (χ3n) is 8.30. The summed E-state index contributed by atoms with van der Waals surface area (Å²) in [6.07, 6.45) is 5.40. The maximum Gasteiger partial charge on any atom is 0.226 e. The molecule has 48 heavy (non-hydrogen) atoms. The summed E-state index contributed by atoms with van der Waals surface area (Å²) in [6.45, 7) is 2.03. The number of anilines is 2. The lowest BCUT2D eigenvalue weighted by atomic mass is 9.93. The minimum atomic E-state index is -0.464. The van der Waals surface area contributed by atoms with Gasteiger partial charge in [0, 0.05) is 31.9 Å². The average Bonchev–Trinajstić information content (AvgIpc) is 3.76. The molecule has 6 aromatic rings. The summed E-state index contributed by atoms with van der Waals surface area (Å²) in [5, 5.41) is 16.4. The molecule has 2 aliphatic heterocycles. The summed E-state index contributed by atoms with van der Waals surface area (Å²) in [4.78, 5) is 8.45. The second-order valence-corrected chi connectivity index (χ2v) is 12.6. The van der Waals surface area contributed by atoms with Crippen molar-refractivity contribution in [3.63, 3.8) is 0 Å². The zero-order valence-corrected chi connectivity index (χ0v) is 27.6. The summed E-state index contributed by atoms with van der Waals surface area (Å²) in [5.41, 5.74) is 4.88. The first-order valence-corrected chi connectivity index (χ1v) is 16.1. The number of rotatable bonds is 4. The first-order chi connectivity index (χ1) is 23.3. The maximum atomic E-state index is 14.4. The Bertz CT molecular complexity index is 2070. The third kappa shape index (κ3) is 6.26. The van der Waals surface area contributed by atoms with Crippen LogP contribution in [0.25, 0.3) is 5.70 Å². The molecule has 8 nitrogen and oxygen atoms in total. The number of allylic oxidation sites excluding steroid dienone is 1. The van der Waals surface area contributed by atoms with Gasteiger partial charge >= 0.3 is 0 Å². The molecule has 0 spiro atoms. The predicted octanol–water partition coefficient (Wildman–Crippen LogP) is 9.31. The van der Waals surface area contributed by atoms with E-state index in [1.807, 2.05) is 61.5 Å². The minimum absolute atomic E-state index is 0.0420. The van der Waals surface area contributed by atoms with E-state index >= 15 is 0 Å². The number of nitrogens with one attached hydrogen (secondary N) is 2. The molecule has 0 fully saturated rings. The Morgan fingerprint density at radius 1 is 0.729 bits per heavy atom. The van der Waals surface area contributed by atoms with Crippen molar-refractivity contribution in [1.82, 2.24) is 29.5 Å². The Hall–Kier alpha value is -4.77. The van der Waals surface area contributed by atoms with Crippen LogP contribution in [0.1, 0.15) is 52.4 Å². The Kier molecular flexibility index (Phi) is 8.87. The normalized spacial score (nSPS) is 18.0. The van der Waals surface area contributed by atoms with E-state index in [0.29, 0.717) is 44.5 Å². The molecule has 8 rings (SSSR count). The number of aromatic nitrogens is 6. The molecule has 0 saturated heterocycles. The van der Waals surface area contributed by atoms with E-state index in [4.69, 9.17) is 34.8 Å². The van der Waals surface area contributed by atoms with Crippen LogP contribution >= 0.6 is 34.8 Å². The number of hydrogen-bond donors (Lipinski definition) is 2. The molecular weight excluding hydrogens is 677 g/mol. The van der Waals surface area contributed by atoms with Crippen LogP contribution in [-0.2, 0) is 0 Å². The van der Waals surface area contributed by atoms with E-state index in [2.05, 4.69) is 30.8 Å². The molecule has 0 bridgehead atoms. The Labute approximate surface area is 290 Å². The molecule has 2 aliphatic rings. The maximum absolute atomic E-state index is 14.4. The van der Waals surface area contributed by atoms with Crippen molar-refractivity contribution < 1.29 is 8.78 Å². The van der Waals surface area contributed by atoms with Gasteiger partial charge in [-0.3, -0.25) is 0 Å². The molecule has 4 aromatic carbocycles. The Balaban J connectivity index is 0.000000152. The van der Waals surface area contributed by atoms with Gasteiger partial charge in [0.15, 0.2) is 0 Å². The van der Waals surface area contributed by atoms with Crippen LogP contribution in [0.2, 0.25) is 15.1 Å². The first kappa shape index (κ1) is 31.8. The van der Waals surface area contributed by atoms with Crippen LogP contribution in [0.4, 0.5) is 20.7 Å². The Morgan fingerprint density at radius 2 is 1.35 bits per heavy atom. The molecule has 2 aromatic heterocycles. The highest BCUT2D eigenvalue weighted by atomic mass is 35.5. The van der Waals surface area contributed by atoms with Crippen LogP contribution < -0.4 is 10.6 Å². The van der Waals surface area contributed by atoms with Crippen molar-refractivity contribution in [2.24, 2.45) is 0 Å². The molecule has 0 aliphatic carbocycles. The molecule has 0 amide bonds. The zero-order valence-electron chi connectivity index (χ0n) is 25.3. The van der Waals surface area contributed by atoms with Gasteiger partial charge in [-0.05, 0) is 66.9 Å². The van der Waals surface area contributed by atoms with E-state index in [0.717, 1.165) is 16.8 Å². The van der Waals surface area contributed by atoms with Gasteiger partial charge in [-0.2, -0.15) is 20.2 Å². The highest BCUT2D eigenvalue weighted by molar-refractivity contribution is 6.32. The fourth-order valence-corrected chi connectivity index (χ4v) is 6.63. The molecule has 2 N–H and O–H groups in total. The average molecular weight is 704 g/mol. The van der Waals surface area contributed by atoms with E-state index in [1.165, 1.54) is 30.4 Å². The third-order valence-corrected chi connectivity index (χ3v) is 9.21. The molecule has 3 atom stereocenters. The summed E-state index contributed by atoms with van der Waals surface area (Å²) in [5.74, 6) is 0.434. The molecule has 13 heteroatoms. The van der Waals surface area contributed by atoms with Crippen LogP contribution in [0, 0.1) is 18.6 Å². The van der Waals surface area contributed by atoms with Gasteiger partial charge in [0.25, 0.3) is 0 Å². The second-order valence-electron chi connectivity index (χ2n) is 11.3. The fourth-order valence-electron chi connectivity index (χ4n) is 5.94. The van der Waals surface area contributed by atoms with E-state index in [9.17, 15) is 8.78 Å². The van der Waals surface area contributed by atoms with Crippen LogP contribution in [0.5, 0.6) is 0 Å². The second kappa shape index (κ2) is 13.4. The number of fused-ring (bicyclic) bond motifs is 2. The van der Waals surface area contributed by atoms with Crippen molar-refractivity contribution in [3.8, 4) is 0 Å². The summed E-state index contributed by atoms with van der Waals surface area (Å²) in [7, 11) is 0. The SMILES string of the molecule is Cc1ccc(C2=CC(c3c(F)cccc3Cl)n3ncnc3N2)cc1.Fc1cccc(Cl)c1C1CC(c2ccc(Cl)cc2)Nc2ncnn21. The van der Waals surface area contributed by atoms with Crippen molar-refractivity contribution in [2.45, 2.75) is 31.5 Å². The zero-order chi connectivity index (χ0) is 33.4. The van der Waals surface area contributed by atoms with Crippen molar-refractivity contribution in [2.75, 3.05) is 10.6 Å². The lowest BCUT2D eigenvalue weighted by Crippen LogP contribution is -2.28. The lowest BCUT2D eigenvalue weighted by molar-refractivity contribution is 0.416. The molecule has 4 heterocycles. The number of halogens is 5. The minimum Gasteiger partial charge on any atom is -0.348 e. The van der Waals surface area contributed by atoms with Gasteiger partial charge in [-0.25, -0.2) is 18.1 Å². The number of benzene rings is 4. The van der Waals surface area contributed by atoms with E-state index in [1.54, 1.807) is 33.6 Å². The van der Waals surface area contributed by atoms with E-state index in [-0.39, 0.29) is 23.7 Å². The monoisotopic (exact) mass is 702 g/mol. The number of nitrogens with zero attached hydrogens (tertiary/aromatic N) is 6. The topological polar surface area (TPSA) is 85.5 Å². The Morgan fingerprint density at radius 3 is 2.02 bits per heavy atom. The molecular formula is C35H27Cl3F2N8. The molecule has 242 valence electrons. The van der Waals surface area contributed by atoms with Gasteiger partial charge in [-0.15, -0.1) is 0 Å². The summed E-state index contributed by atoms with van der Waals surface area (Å²) >= 11 is 18.5.